The van der Waals surface area contributed by atoms with E-state index in [4.69, 9.17) is 0 Å². The van der Waals surface area contributed by atoms with E-state index in [1.807, 2.05) is 6.92 Å². The molecule has 0 aromatic heterocycles. The summed E-state index contributed by atoms with van der Waals surface area (Å²) in [6, 6.07) is 2.90. The second-order valence-electron chi connectivity index (χ2n) is 4.85. The van der Waals surface area contributed by atoms with Gasteiger partial charge in [-0.05, 0) is 24.6 Å². The molecular weight excluding hydrogens is 260 g/mol. The molecule has 6 heteroatoms. The van der Waals surface area contributed by atoms with Gasteiger partial charge in [0, 0.05) is 25.7 Å². The van der Waals surface area contributed by atoms with Crippen molar-refractivity contribution in [2.24, 2.45) is 0 Å². The van der Waals surface area contributed by atoms with E-state index >= 15 is 0 Å². The van der Waals surface area contributed by atoms with E-state index in [-0.39, 0.29) is 11.6 Å². The van der Waals surface area contributed by atoms with Gasteiger partial charge in [-0.15, -0.1) is 0 Å². The number of nitrogens with zero attached hydrogens (tertiary/aromatic N) is 1. The molecule has 0 unspecified atom stereocenters. The quantitative estimate of drug-likeness (QED) is 0.836. The van der Waals surface area contributed by atoms with Crippen LogP contribution in [0.15, 0.2) is 24.3 Å². The van der Waals surface area contributed by atoms with Crippen molar-refractivity contribution in [3.8, 4) is 0 Å². The Morgan fingerprint density at radius 2 is 1.89 bits per heavy atom. The molecule has 0 bridgehead atoms. The minimum atomic E-state index is -4.37. The Morgan fingerprint density at radius 3 is 2.42 bits per heavy atom. The Labute approximate surface area is 109 Å². The summed E-state index contributed by atoms with van der Waals surface area (Å²) < 4.78 is 52.6. The lowest BCUT2D eigenvalue weighted by Gasteiger charge is -2.38. The monoisotopic (exact) mass is 276 g/mol. The number of rotatable bonds is 2. The van der Waals surface area contributed by atoms with Gasteiger partial charge in [0.15, 0.2) is 0 Å². The molecule has 2 atom stereocenters. The van der Waals surface area contributed by atoms with Gasteiger partial charge in [-0.25, -0.2) is 4.39 Å². The number of hydrogen-bond donors (Lipinski definition) is 1. The Hall–Kier alpha value is -1.14. The molecule has 1 N–H and O–H groups in total. The van der Waals surface area contributed by atoms with Crippen molar-refractivity contribution in [2.75, 3.05) is 19.6 Å². The smallest absolute Gasteiger partial charge is 0.312 e. The predicted molar refractivity (Wildman–Crippen MR) is 64.2 cm³/mol. The Morgan fingerprint density at radius 1 is 1.26 bits per heavy atom. The fraction of sp³-hybridized carbons (Fsp3) is 0.538. The minimum absolute atomic E-state index is 0.0130. The predicted octanol–water partition coefficient (Wildman–Crippen LogP) is 2.72. The first-order valence-corrected chi connectivity index (χ1v) is 6.17. The minimum Gasteiger partial charge on any atom is -0.312 e. The lowest BCUT2D eigenvalue weighted by Crippen LogP contribution is -2.53. The zero-order chi connectivity index (χ0) is 14.0. The van der Waals surface area contributed by atoms with Crippen molar-refractivity contribution in [1.82, 2.24) is 10.2 Å². The first kappa shape index (κ1) is 14.3. The first-order valence-electron chi connectivity index (χ1n) is 6.17. The molecule has 2 nitrogen and oxygen atoms in total. The van der Waals surface area contributed by atoms with Gasteiger partial charge in [-0.1, -0.05) is 12.1 Å². The molecule has 0 radical (unpaired) electrons. The third-order valence-electron chi connectivity index (χ3n) is 3.26. The Balaban J connectivity index is 2.28. The second kappa shape index (κ2) is 5.46. The zero-order valence-electron chi connectivity index (χ0n) is 10.5. The van der Waals surface area contributed by atoms with Gasteiger partial charge in [-0.2, -0.15) is 13.2 Å². The van der Waals surface area contributed by atoms with Crippen LogP contribution in [0, 0.1) is 5.82 Å². The molecule has 0 spiro atoms. The van der Waals surface area contributed by atoms with Crippen LogP contribution in [-0.4, -0.2) is 36.8 Å². The maximum Gasteiger partial charge on any atom is 0.408 e. The highest BCUT2D eigenvalue weighted by Crippen LogP contribution is 2.38. The summed E-state index contributed by atoms with van der Waals surface area (Å²) in [5, 5.41) is 3.11. The molecule has 1 saturated heterocycles. The molecule has 0 saturated carbocycles. The van der Waals surface area contributed by atoms with E-state index in [0.717, 1.165) is 12.1 Å². The van der Waals surface area contributed by atoms with Crippen molar-refractivity contribution in [3.63, 3.8) is 0 Å². The molecule has 2 rings (SSSR count). The van der Waals surface area contributed by atoms with E-state index in [9.17, 15) is 17.6 Å². The van der Waals surface area contributed by atoms with E-state index in [1.54, 1.807) is 0 Å². The third kappa shape index (κ3) is 3.45. The normalized spacial score (nSPS) is 23.3. The van der Waals surface area contributed by atoms with Crippen molar-refractivity contribution in [2.45, 2.75) is 25.2 Å². The molecule has 1 fully saturated rings. The van der Waals surface area contributed by atoms with Crippen LogP contribution in [0.25, 0.3) is 0 Å². The maximum atomic E-state index is 13.3. The van der Waals surface area contributed by atoms with Crippen molar-refractivity contribution in [3.05, 3.63) is 35.6 Å². The molecule has 0 aliphatic carbocycles. The van der Waals surface area contributed by atoms with Crippen LogP contribution in [0.1, 0.15) is 18.5 Å². The molecular formula is C13H16F4N2. The fourth-order valence-electron chi connectivity index (χ4n) is 2.45. The van der Waals surface area contributed by atoms with Crippen LogP contribution in [0.3, 0.4) is 0 Å². The number of halogens is 4. The largest absolute Gasteiger partial charge is 0.408 e. The van der Waals surface area contributed by atoms with Gasteiger partial charge in [0.25, 0.3) is 0 Å². The number of alkyl halides is 3. The number of piperazine rings is 1. The summed E-state index contributed by atoms with van der Waals surface area (Å²) in [5.41, 5.74) is 0.0861. The number of benzene rings is 1. The summed E-state index contributed by atoms with van der Waals surface area (Å²) in [6.45, 7) is 3.02. The molecule has 1 heterocycles. The van der Waals surface area contributed by atoms with Gasteiger partial charge in [0.1, 0.15) is 11.9 Å². The Bertz CT molecular complexity index is 416. The number of hydrogen-bond acceptors (Lipinski definition) is 2. The van der Waals surface area contributed by atoms with E-state index in [0.29, 0.717) is 19.6 Å². The summed E-state index contributed by atoms with van der Waals surface area (Å²) >= 11 is 0. The van der Waals surface area contributed by atoms with E-state index in [1.165, 1.54) is 17.0 Å². The van der Waals surface area contributed by atoms with Crippen molar-refractivity contribution >= 4 is 0 Å². The van der Waals surface area contributed by atoms with Crippen molar-refractivity contribution in [1.29, 1.82) is 0 Å². The highest BCUT2D eigenvalue weighted by atomic mass is 19.4. The van der Waals surface area contributed by atoms with Crippen LogP contribution in [0.2, 0.25) is 0 Å². The van der Waals surface area contributed by atoms with Crippen LogP contribution in [-0.2, 0) is 0 Å². The van der Waals surface area contributed by atoms with Crippen LogP contribution >= 0.6 is 0 Å². The highest BCUT2D eigenvalue weighted by molar-refractivity contribution is 5.21. The molecule has 0 amide bonds. The molecule has 1 aliphatic rings. The zero-order valence-corrected chi connectivity index (χ0v) is 10.5. The average molecular weight is 276 g/mol. The van der Waals surface area contributed by atoms with Crippen LogP contribution in [0.4, 0.5) is 17.6 Å². The summed E-state index contributed by atoms with van der Waals surface area (Å²) in [4.78, 5) is 1.40. The van der Waals surface area contributed by atoms with Gasteiger partial charge in [0.2, 0.25) is 0 Å². The Kier molecular flexibility index (Phi) is 4.10. The summed E-state index contributed by atoms with van der Waals surface area (Å²) in [6.07, 6.45) is -4.37. The molecule has 1 aromatic carbocycles. The van der Waals surface area contributed by atoms with Crippen molar-refractivity contribution < 1.29 is 17.6 Å². The van der Waals surface area contributed by atoms with Gasteiger partial charge >= 0.3 is 6.18 Å². The van der Waals surface area contributed by atoms with Gasteiger partial charge in [0.05, 0.1) is 0 Å². The molecule has 106 valence electrons. The summed E-state index contributed by atoms with van der Waals surface area (Å²) in [7, 11) is 0. The standard InChI is InChI=1S/C13H16F4N2/c1-9-8-19(7-6-18-9)12(13(15,16)17)10-2-4-11(14)5-3-10/h2-5,9,12,18H,6-8H2,1H3/t9-,12+/m1/s1. The SMILES string of the molecule is C[C@@H]1CN([C@@H](c2ccc(F)cc2)C(F)(F)F)CCN1. The molecule has 1 aliphatic heterocycles. The second-order valence-corrected chi connectivity index (χ2v) is 4.85. The number of nitrogens with one attached hydrogen (secondary N) is 1. The fourth-order valence-corrected chi connectivity index (χ4v) is 2.45. The summed E-state index contributed by atoms with van der Waals surface area (Å²) in [5.74, 6) is -0.529. The highest BCUT2D eigenvalue weighted by Gasteiger charge is 2.45. The van der Waals surface area contributed by atoms with E-state index < -0.39 is 18.0 Å². The average Bonchev–Trinajstić information content (AvgIpc) is 2.30. The molecule has 19 heavy (non-hydrogen) atoms. The van der Waals surface area contributed by atoms with Crippen LogP contribution in [0.5, 0.6) is 0 Å². The van der Waals surface area contributed by atoms with Gasteiger partial charge < -0.3 is 5.32 Å². The first-order chi connectivity index (χ1) is 8.88. The van der Waals surface area contributed by atoms with E-state index in [2.05, 4.69) is 5.32 Å². The lowest BCUT2D eigenvalue weighted by molar-refractivity contribution is -0.189. The topological polar surface area (TPSA) is 15.3 Å². The van der Waals surface area contributed by atoms with Gasteiger partial charge in [-0.3, -0.25) is 4.90 Å². The van der Waals surface area contributed by atoms with Crippen LogP contribution < -0.4 is 5.32 Å². The third-order valence-corrected chi connectivity index (χ3v) is 3.26. The maximum absolute atomic E-state index is 13.3. The molecule has 1 aromatic rings. The lowest BCUT2D eigenvalue weighted by atomic mass is 10.0.